The second kappa shape index (κ2) is 3.49. The molecular formula is C7H15Br. The van der Waals surface area contributed by atoms with E-state index in [0.717, 1.165) is 0 Å². The van der Waals surface area contributed by atoms with E-state index in [4.69, 9.17) is 0 Å². The molecule has 0 unspecified atom stereocenters. The third-order valence-electron chi connectivity index (χ3n) is 1.51. The monoisotopic (exact) mass is 178 g/mol. The maximum absolute atomic E-state index is 3.64. The van der Waals surface area contributed by atoms with Crippen LogP contribution in [0.4, 0.5) is 0 Å². The second-order valence-corrected chi connectivity index (χ2v) is 4.43. The number of alkyl halides is 1. The van der Waals surface area contributed by atoms with Gasteiger partial charge in [-0.05, 0) is 19.8 Å². The highest BCUT2D eigenvalue weighted by Crippen LogP contribution is 2.26. The first-order valence-electron chi connectivity index (χ1n) is 3.31. The van der Waals surface area contributed by atoms with Crippen LogP contribution < -0.4 is 0 Å². The summed E-state index contributed by atoms with van der Waals surface area (Å²) in [6.07, 6.45) is 3.78. The lowest BCUT2D eigenvalue weighted by Crippen LogP contribution is -2.12. The highest BCUT2D eigenvalue weighted by atomic mass is 79.9. The molecule has 0 nitrogen and oxygen atoms in total. The van der Waals surface area contributed by atoms with Gasteiger partial charge in [0.25, 0.3) is 0 Å². The van der Waals surface area contributed by atoms with Crippen molar-refractivity contribution in [2.24, 2.45) is 0 Å². The smallest absolute Gasteiger partial charge is 0.0227 e. The van der Waals surface area contributed by atoms with Crippen LogP contribution in [0, 0.1) is 0 Å². The van der Waals surface area contributed by atoms with Crippen molar-refractivity contribution in [3.8, 4) is 0 Å². The van der Waals surface area contributed by atoms with Crippen molar-refractivity contribution in [1.29, 1.82) is 0 Å². The summed E-state index contributed by atoms with van der Waals surface area (Å²) in [5, 5.41) is 0. The molecule has 0 N–H and O–H groups in total. The first-order chi connectivity index (χ1) is 3.62. The number of hydrogen-bond acceptors (Lipinski definition) is 0. The Morgan fingerprint density at radius 2 is 1.88 bits per heavy atom. The van der Waals surface area contributed by atoms with Gasteiger partial charge in [-0.15, -0.1) is 0 Å². The quantitative estimate of drug-likeness (QED) is 0.582. The van der Waals surface area contributed by atoms with Crippen molar-refractivity contribution in [2.45, 2.75) is 44.4 Å². The van der Waals surface area contributed by atoms with Crippen molar-refractivity contribution in [1.82, 2.24) is 0 Å². The fourth-order valence-corrected chi connectivity index (χ4v) is 1.09. The Morgan fingerprint density at radius 1 is 1.38 bits per heavy atom. The summed E-state index contributed by atoms with van der Waals surface area (Å²) in [6.45, 7) is 6.68. The topological polar surface area (TPSA) is 0 Å². The number of halogens is 1. The molecule has 50 valence electrons. The molecule has 8 heavy (non-hydrogen) atoms. The third kappa shape index (κ3) is 3.48. The predicted molar refractivity (Wildman–Crippen MR) is 42.5 cm³/mol. The Kier molecular flexibility index (Phi) is 3.70. The molecular weight excluding hydrogens is 164 g/mol. The van der Waals surface area contributed by atoms with Crippen molar-refractivity contribution >= 4 is 15.9 Å². The van der Waals surface area contributed by atoms with Crippen molar-refractivity contribution in [3.63, 3.8) is 0 Å². The Hall–Kier alpha value is 0.480. The van der Waals surface area contributed by atoms with Gasteiger partial charge >= 0.3 is 0 Å². The van der Waals surface area contributed by atoms with Crippen LogP contribution in [0.1, 0.15) is 40.0 Å². The van der Waals surface area contributed by atoms with Gasteiger partial charge in [-0.1, -0.05) is 36.2 Å². The minimum absolute atomic E-state index is 0.405. The summed E-state index contributed by atoms with van der Waals surface area (Å²) in [6, 6.07) is 0. The third-order valence-corrected chi connectivity index (χ3v) is 2.47. The molecule has 0 radical (unpaired) electrons. The van der Waals surface area contributed by atoms with Gasteiger partial charge in [0.2, 0.25) is 0 Å². The van der Waals surface area contributed by atoms with Gasteiger partial charge in [0.1, 0.15) is 0 Å². The van der Waals surface area contributed by atoms with Crippen LogP contribution in [0.15, 0.2) is 0 Å². The van der Waals surface area contributed by atoms with E-state index in [-0.39, 0.29) is 0 Å². The summed E-state index contributed by atoms with van der Waals surface area (Å²) < 4.78 is 0.405. The molecule has 0 heterocycles. The molecule has 0 aliphatic carbocycles. The molecule has 0 aromatic carbocycles. The minimum atomic E-state index is 0.405. The van der Waals surface area contributed by atoms with Crippen LogP contribution in [0.25, 0.3) is 0 Å². The average molecular weight is 179 g/mol. The zero-order valence-electron chi connectivity index (χ0n) is 6.00. The van der Waals surface area contributed by atoms with Gasteiger partial charge in [-0.3, -0.25) is 0 Å². The first kappa shape index (κ1) is 8.48. The normalized spacial score (nSPS) is 18.0. The van der Waals surface area contributed by atoms with E-state index in [1.807, 2.05) is 0 Å². The van der Waals surface area contributed by atoms with E-state index >= 15 is 0 Å². The Bertz CT molecular complexity index is 57.4. The van der Waals surface area contributed by atoms with Crippen molar-refractivity contribution in [2.75, 3.05) is 0 Å². The molecule has 1 heteroatoms. The lowest BCUT2D eigenvalue weighted by Gasteiger charge is -2.18. The van der Waals surface area contributed by atoms with Crippen molar-refractivity contribution < 1.29 is 0 Å². The van der Waals surface area contributed by atoms with Gasteiger partial charge in [0.05, 0.1) is 0 Å². The van der Waals surface area contributed by atoms with Crippen LogP contribution >= 0.6 is 15.9 Å². The van der Waals surface area contributed by atoms with Crippen LogP contribution in [-0.4, -0.2) is 4.32 Å². The highest BCUT2D eigenvalue weighted by Gasteiger charge is 2.14. The SMILES string of the molecule is CCC[C@@](C)(Br)CC. The summed E-state index contributed by atoms with van der Waals surface area (Å²) in [7, 11) is 0. The molecule has 0 aromatic rings. The zero-order chi connectivity index (χ0) is 6.62. The Labute approximate surface area is 60.8 Å². The average Bonchev–Trinajstić information content (AvgIpc) is 1.67. The van der Waals surface area contributed by atoms with E-state index in [1.165, 1.54) is 19.3 Å². The van der Waals surface area contributed by atoms with E-state index < -0.39 is 0 Å². The molecule has 0 aliphatic rings. The summed E-state index contributed by atoms with van der Waals surface area (Å²) >= 11 is 3.64. The fourth-order valence-electron chi connectivity index (χ4n) is 0.698. The zero-order valence-corrected chi connectivity index (χ0v) is 7.59. The van der Waals surface area contributed by atoms with Crippen LogP contribution in [0.2, 0.25) is 0 Å². The number of rotatable bonds is 3. The van der Waals surface area contributed by atoms with Crippen LogP contribution in [-0.2, 0) is 0 Å². The molecule has 0 rings (SSSR count). The van der Waals surface area contributed by atoms with Gasteiger partial charge in [-0.25, -0.2) is 0 Å². The van der Waals surface area contributed by atoms with Gasteiger partial charge in [-0.2, -0.15) is 0 Å². The lowest BCUT2D eigenvalue weighted by molar-refractivity contribution is 0.572. The van der Waals surface area contributed by atoms with Crippen molar-refractivity contribution in [3.05, 3.63) is 0 Å². The standard InChI is InChI=1S/C7H15Br/c1-4-6-7(3,8)5-2/h4-6H2,1-3H3/t7-/m0/s1. The van der Waals surface area contributed by atoms with Gasteiger partial charge in [0.15, 0.2) is 0 Å². The van der Waals surface area contributed by atoms with E-state index in [1.54, 1.807) is 0 Å². The maximum atomic E-state index is 3.64. The molecule has 0 aromatic heterocycles. The molecule has 0 aliphatic heterocycles. The summed E-state index contributed by atoms with van der Waals surface area (Å²) in [5.41, 5.74) is 0. The Balaban J connectivity index is 3.37. The predicted octanol–water partition coefficient (Wildman–Crippen LogP) is 3.35. The van der Waals surface area contributed by atoms with Crippen LogP contribution in [0.5, 0.6) is 0 Å². The highest BCUT2D eigenvalue weighted by molar-refractivity contribution is 9.10. The minimum Gasteiger partial charge on any atom is -0.0856 e. The molecule has 0 spiro atoms. The second-order valence-electron chi connectivity index (χ2n) is 2.52. The Morgan fingerprint density at radius 3 is 2.00 bits per heavy atom. The van der Waals surface area contributed by atoms with E-state index in [0.29, 0.717) is 4.32 Å². The number of hydrogen-bond donors (Lipinski definition) is 0. The lowest BCUT2D eigenvalue weighted by atomic mass is 10.0. The summed E-state index contributed by atoms with van der Waals surface area (Å²) in [5.74, 6) is 0. The molecule has 0 bridgehead atoms. The molecule has 0 amide bonds. The molecule has 1 atom stereocenters. The maximum Gasteiger partial charge on any atom is 0.0227 e. The first-order valence-corrected chi connectivity index (χ1v) is 4.10. The van der Waals surface area contributed by atoms with E-state index in [2.05, 4.69) is 36.7 Å². The van der Waals surface area contributed by atoms with Crippen LogP contribution in [0.3, 0.4) is 0 Å². The summed E-state index contributed by atoms with van der Waals surface area (Å²) in [4.78, 5) is 0. The largest absolute Gasteiger partial charge is 0.0856 e. The van der Waals surface area contributed by atoms with E-state index in [9.17, 15) is 0 Å². The van der Waals surface area contributed by atoms with Gasteiger partial charge in [0, 0.05) is 4.32 Å². The molecule has 0 saturated carbocycles. The molecule has 0 fully saturated rings. The fraction of sp³-hybridized carbons (Fsp3) is 1.00. The molecule has 0 saturated heterocycles. The van der Waals surface area contributed by atoms with Gasteiger partial charge < -0.3 is 0 Å².